The topological polar surface area (TPSA) is 50.8 Å². The van der Waals surface area contributed by atoms with Gasteiger partial charge >= 0.3 is 0 Å². The molecule has 0 radical (unpaired) electrons. The lowest BCUT2D eigenvalue weighted by Gasteiger charge is -2.38. The Morgan fingerprint density at radius 3 is 1.88 bits per heavy atom. The van der Waals surface area contributed by atoms with Crippen LogP contribution in [0.4, 0.5) is 8.78 Å². The van der Waals surface area contributed by atoms with Gasteiger partial charge in [0, 0.05) is 51.4 Å². The number of nitrogens with zero attached hydrogens (tertiary/aromatic N) is 2. The highest BCUT2D eigenvalue weighted by Crippen LogP contribution is 2.14. The van der Waals surface area contributed by atoms with Gasteiger partial charge in [-0.2, -0.15) is 0 Å². The van der Waals surface area contributed by atoms with Gasteiger partial charge in [-0.25, -0.2) is 8.78 Å². The third-order valence-corrected chi connectivity index (χ3v) is 4.14. The zero-order valence-electron chi connectivity index (χ0n) is 17.4. The minimum absolute atomic E-state index is 0.214. The third-order valence-electron chi connectivity index (χ3n) is 4.14. The van der Waals surface area contributed by atoms with Gasteiger partial charge in [-0.05, 0) is 20.9 Å². The summed E-state index contributed by atoms with van der Waals surface area (Å²) in [4.78, 5) is 4.04. The lowest BCUT2D eigenvalue weighted by atomic mass is 10.1. The van der Waals surface area contributed by atoms with Crippen LogP contribution in [0.5, 0.6) is 0 Å². The first-order valence-electron chi connectivity index (χ1n) is 9.73. The first-order valence-corrected chi connectivity index (χ1v) is 9.73. The maximum Gasteiger partial charge on any atom is 0.255 e. The fraction of sp³-hybridized carbons (Fsp3) is 1.00. The molecule has 0 aromatic rings. The number of halogens is 2. The molecule has 2 heterocycles. The van der Waals surface area contributed by atoms with E-state index in [2.05, 4.69) is 15.5 Å². The van der Waals surface area contributed by atoms with Crippen LogP contribution in [0, 0.1) is 0 Å². The molecule has 154 valence electrons. The van der Waals surface area contributed by atoms with Crippen LogP contribution < -0.4 is 10.6 Å². The summed E-state index contributed by atoms with van der Waals surface area (Å²) in [6.45, 7) is 17.2. The highest BCUT2D eigenvalue weighted by atomic mass is 19.3. The van der Waals surface area contributed by atoms with E-state index in [4.69, 9.17) is 5.11 Å². The number of rotatable bonds is 3. The van der Waals surface area contributed by atoms with Crippen LogP contribution >= 0.6 is 0 Å². The molecule has 3 N–H and O–H groups in total. The Bertz CT molecular complexity index is 268. The second-order valence-electron chi connectivity index (χ2n) is 5.96. The molecule has 2 saturated heterocycles. The number of aliphatic hydroxyl groups is 1. The molecule has 0 spiro atoms. The van der Waals surface area contributed by atoms with Crippen molar-refractivity contribution >= 4 is 0 Å². The van der Waals surface area contributed by atoms with Gasteiger partial charge in [-0.3, -0.25) is 9.80 Å². The number of hydrogen-bond acceptors (Lipinski definition) is 5. The summed E-state index contributed by atoms with van der Waals surface area (Å²) in [5, 5.41) is 15.0. The summed E-state index contributed by atoms with van der Waals surface area (Å²) in [5.41, 5.74) is 0. The smallest absolute Gasteiger partial charge is 0.255 e. The van der Waals surface area contributed by atoms with Crippen LogP contribution in [0.1, 0.15) is 41.5 Å². The van der Waals surface area contributed by atoms with E-state index in [1.54, 1.807) is 0 Å². The van der Waals surface area contributed by atoms with Crippen molar-refractivity contribution in [3.8, 4) is 0 Å². The molecule has 7 heteroatoms. The molecule has 0 saturated carbocycles. The normalized spacial score (nSPS) is 24.5. The van der Waals surface area contributed by atoms with Crippen LogP contribution in [-0.2, 0) is 0 Å². The zero-order chi connectivity index (χ0) is 19.8. The van der Waals surface area contributed by atoms with Crippen molar-refractivity contribution in [1.82, 2.24) is 20.4 Å². The van der Waals surface area contributed by atoms with Crippen LogP contribution in [0.2, 0.25) is 0 Å². The molecule has 5 nitrogen and oxygen atoms in total. The van der Waals surface area contributed by atoms with Crippen molar-refractivity contribution in [2.24, 2.45) is 0 Å². The molecule has 0 bridgehead atoms. The predicted octanol–water partition coefficient (Wildman–Crippen LogP) is 1.87. The highest BCUT2D eigenvalue weighted by molar-refractivity contribution is 4.83. The minimum atomic E-state index is -2.24. The van der Waals surface area contributed by atoms with Crippen molar-refractivity contribution in [3.05, 3.63) is 0 Å². The van der Waals surface area contributed by atoms with Gasteiger partial charge in [0.25, 0.3) is 6.43 Å². The second kappa shape index (κ2) is 17.1. The van der Waals surface area contributed by atoms with E-state index in [9.17, 15) is 8.78 Å². The molecule has 0 aliphatic carbocycles. The van der Waals surface area contributed by atoms with E-state index >= 15 is 0 Å². The number of hydrogen-bond donors (Lipinski definition) is 3. The lowest BCUT2D eigenvalue weighted by molar-refractivity contribution is -0.00277. The van der Waals surface area contributed by atoms with Gasteiger partial charge in [0.15, 0.2) is 0 Å². The quantitative estimate of drug-likeness (QED) is 0.710. The van der Waals surface area contributed by atoms with Gasteiger partial charge in [-0.15, -0.1) is 0 Å². The number of alkyl halides is 2. The third kappa shape index (κ3) is 11.1. The van der Waals surface area contributed by atoms with Crippen molar-refractivity contribution in [2.45, 2.75) is 66.1 Å². The van der Waals surface area contributed by atoms with E-state index in [1.807, 2.05) is 53.5 Å². The summed E-state index contributed by atoms with van der Waals surface area (Å²) in [5.74, 6) is 0. The molecule has 2 aliphatic heterocycles. The van der Waals surface area contributed by atoms with Crippen molar-refractivity contribution in [3.63, 3.8) is 0 Å². The van der Waals surface area contributed by atoms with Crippen LogP contribution in [0.25, 0.3) is 0 Å². The molecule has 0 aromatic carbocycles. The SMILES string of the molecule is CC.CC.CC(C)N1CCNCC1C(F)F.CN1CCNCC1CO. The molecule has 2 fully saturated rings. The first-order chi connectivity index (χ1) is 12.0. The average molecular weight is 369 g/mol. The molecular weight excluding hydrogens is 326 g/mol. The average Bonchev–Trinajstić information content (AvgIpc) is 2.66. The van der Waals surface area contributed by atoms with Gasteiger partial charge in [0.2, 0.25) is 0 Å². The lowest BCUT2D eigenvalue weighted by Crippen LogP contribution is -2.56. The Balaban J connectivity index is 0. The van der Waals surface area contributed by atoms with Gasteiger partial charge in [0.05, 0.1) is 12.6 Å². The molecule has 0 aromatic heterocycles. The monoisotopic (exact) mass is 368 g/mol. The molecule has 2 rings (SSSR count). The number of nitrogens with one attached hydrogen (secondary N) is 2. The molecular formula is C18H42F2N4O. The fourth-order valence-electron chi connectivity index (χ4n) is 2.68. The molecule has 2 atom stereocenters. The summed E-state index contributed by atoms with van der Waals surface area (Å²) in [6, 6.07) is -0.0522. The van der Waals surface area contributed by atoms with Crippen molar-refractivity contribution in [2.75, 3.05) is 52.9 Å². The molecule has 2 aliphatic rings. The summed E-state index contributed by atoms with van der Waals surface area (Å²) >= 11 is 0. The van der Waals surface area contributed by atoms with Crippen LogP contribution in [0.15, 0.2) is 0 Å². The first kappa shape index (κ1) is 26.9. The maximum atomic E-state index is 12.4. The van der Waals surface area contributed by atoms with Crippen LogP contribution in [-0.4, -0.2) is 92.4 Å². The summed E-state index contributed by atoms with van der Waals surface area (Å²) < 4.78 is 24.9. The number of aliphatic hydroxyl groups excluding tert-OH is 1. The number of piperazine rings is 2. The van der Waals surface area contributed by atoms with Crippen molar-refractivity contribution in [1.29, 1.82) is 0 Å². The fourth-order valence-corrected chi connectivity index (χ4v) is 2.68. The van der Waals surface area contributed by atoms with Gasteiger partial charge in [0.1, 0.15) is 0 Å². The highest BCUT2D eigenvalue weighted by Gasteiger charge is 2.31. The predicted molar refractivity (Wildman–Crippen MR) is 104 cm³/mol. The van der Waals surface area contributed by atoms with E-state index in [-0.39, 0.29) is 12.6 Å². The Morgan fingerprint density at radius 2 is 1.52 bits per heavy atom. The van der Waals surface area contributed by atoms with E-state index in [0.29, 0.717) is 12.6 Å². The van der Waals surface area contributed by atoms with Crippen molar-refractivity contribution < 1.29 is 13.9 Å². The Kier molecular flexibility index (Phi) is 18.4. The van der Waals surface area contributed by atoms with Gasteiger partial charge in [-0.1, -0.05) is 27.7 Å². The maximum absolute atomic E-state index is 12.4. The zero-order valence-corrected chi connectivity index (χ0v) is 17.4. The van der Waals surface area contributed by atoms with Crippen LogP contribution in [0.3, 0.4) is 0 Å². The second-order valence-corrected chi connectivity index (χ2v) is 5.96. The summed E-state index contributed by atoms with van der Waals surface area (Å²) in [6.07, 6.45) is -2.24. The minimum Gasteiger partial charge on any atom is -0.395 e. The summed E-state index contributed by atoms with van der Waals surface area (Å²) in [7, 11) is 2.04. The van der Waals surface area contributed by atoms with E-state index in [0.717, 1.165) is 32.7 Å². The standard InChI is InChI=1S/C8H16F2N2.C6H14N2O.2C2H6/c1-6(2)12-4-3-11-5-7(12)8(9)10;1-8-3-2-7-4-6(8)5-9;2*1-2/h6-8,11H,3-5H2,1-2H3;6-7,9H,2-5H2,1H3;2*1-2H3. The largest absolute Gasteiger partial charge is 0.395 e. The Morgan fingerprint density at radius 1 is 1.00 bits per heavy atom. The molecule has 2 unspecified atom stereocenters. The van der Waals surface area contributed by atoms with Gasteiger partial charge < -0.3 is 15.7 Å². The molecule has 0 amide bonds. The van der Waals surface area contributed by atoms with E-state index < -0.39 is 12.5 Å². The van der Waals surface area contributed by atoms with E-state index in [1.165, 1.54) is 0 Å². The number of likely N-dealkylation sites (N-methyl/N-ethyl adjacent to an activating group) is 1. The Labute approximate surface area is 154 Å². The Hall–Kier alpha value is -0.340. The molecule has 25 heavy (non-hydrogen) atoms.